The summed E-state index contributed by atoms with van der Waals surface area (Å²) in [6, 6.07) is 8.84. The molecule has 0 aliphatic heterocycles. The van der Waals surface area contributed by atoms with Gasteiger partial charge in [0.05, 0.1) is 6.54 Å². The van der Waals surface area contributed by atoms with Crippen molar-refractivity contribution in [3.63, 3.8) is 0 Å². The van der Waals surface area contributed by atoms with Gasteiger partial charge in [-0.25, -0.2) is 4.79 Å². The monoisotopic (exact) mass is 302 g/mol. The maximum atomic E-state index is 12.0. The number of carbonyl (C=O) groups is 1. The van der Waals surface area contributed by atoms with Crippen molar-refractivity contribution in [3.8, 4) is 0 Å². The van der Waals surface area contributed by atoms with Crippen LogP contribution in [0.4, 0.5) is 10.5 Å². The molecule has 1 unspecified atom stereocenters. The van der Waals surface area contributed by atoms with Gasteiger partial charge in [0.1, 0.15) is 17.1 Å². The molecule has 1 heterocycles. The summed E-state index contributed by atoms with van der Waals surface area (Å²) in [5.41, 5.74) is 1.63. The molecule has 2 rings (SSSR count). The number of benzene rings is 1. The van der Waals surface area contributed by atoms with Crippen molar-refractivity contribution in [2.45, 2.75) is 33.3 Å². The summed E-state index contributed by atoms with van der Waals surface area (Å²) in [5, 5.41) is 15.8. The molecule has 2 amide bonds. The Hall–Kier alpha value is -2.27. The van der Waals surface area contributed by atoms with Gasteiger partial charge in [0.25, 0.3) is 0 Å². The zero-order valence-corrected chi connectivity index (χ0v) is 13.4. The van der Waals surface area contributed by atoms with E-state index in [1.54, 1.807) is 26.0 Å². The highest BCUT2D eigenvalue weighted by molar-refractivity contribution is 5.90. The number of hydrogen-bond donors (Lipinski definition) is 3. The van der Waals surface area contributed by atoms with Crippen LogP contribution in [0, 0.1) is 20.8 Å². The summed E-state index contributed by atoms with van der Waals surface area (Å²) in [6.07, 6.45) is 0. The van der Waals surface area contributed by atoms with Crippen LogP contribution >= 0.6 is 0 Å². The Morgan fingerprint density at radius 2 is 1.95 bits per heavy atom. The summed E-state index contributed by atoms with van der Waals surface area (Å²) in [7, 11) is 0. The molecule has 5 heteroatoms. The van der Waals surface area contributed by atoms with Gasteiger partial charge < -0.3 is 20.2 Å². The van der Waals surface area contributed by atoms with E-state index in [4.69, 9.17) is 4.42 Å². The predicted octanol–water partition coefficient (Wildman–Crippen LogP) is 3.23. The minimum atomic E-state index is -1.26. The maximum absolute atomic E-state index is 12.0. The molecule has 0 bridgehead atoms. The first-order valence-electron chi connectivity index (χ1n) is 7.20. The van der Waals surface area contributed by atoms with Crippen molar-refractivity contribution in [1.29, 1.82) is 0 Å². The van der Waals surface area contributed by atoms with Gasteiger partial charge in [0.15, 0.2) is 0 Å². The zero-order chi connectivity index (χ0) is 16.3. The Kier molecular flexibility index (Phi) is 4.56. The Morgan fingerprint density at radius 3 is 2.59 bits per heavy atom. The molecular formula is C17H22N2O3. The van der Waals surface area contributed by atoms with E-state index in [1.165, 1.54) is 0 Å². The topological polar surface area (TPSA) is 74.5 Å². The second kappa shape index (κ2) is 6.23. The molecule has 0 aliphatic carbocycles. The second-order valence-electron chi connectivity index (χ2n) is 5.74. The molecule has 0 saturated heterocycles. The van der Waals surface area contributed by atoms with Gasteiger partial charge >= 0.3 is 6.03 Å². The van der Waals surface area contributed by atoms with Crippen LogP contribution < -0.4 is 10.6 Å². The summed E-state index contributed by atoms with van der Waals surface area (Å²) in [5.74, 6) is 1.15. The van der Waals surface area contributed by atoms with Crippen LogP contribution in [0.15, 0.2) is 34.7 Å². The normalized spacial score (nSPS) is 13.5. The van der Waals surface area contributed by atoms with E-state index in [1.807, 2.05) is 32.0 Å². The van der Waals surface area contributed by atoms with Gasteiger partial charge in [0.2, 0.25) is 0 Å². The molecule has 0 spiro atoms. The third-order valence-corrected chi connectivity index (χ3v) is 3.72. The smallest absolute Gasteiger partial charge is 0.319 e. The van der Waals surface area contributed by atoms with Gasteiger partial charge in [-0.3, -0.25) is 0 Å². The highest BCUT2D eigenvalue weighted by atomic mass is 16.4. The molecule has 2 aromatic rings. The Bertz CT molecular complexity index is 674. The first kappa shape index (κ1) is 16.1. The molecule has 22 heavy (non-hydrogen) atoms. The highest BCUT2D eigenvalue weighted by Gasteiger charge is 2.27. The number of rotatable bonds is 4. The first-order valence-corrected chi connectivity index (χ1v) is 7.20. The second-order valence-corrected chi connectivity index (χ2v) is 5.74. The van der Waals surface area contributed by atoms with Crippen molar-refractivity contribution in [3.05, 3.63) is 53.0 Å². The van der Waals surface area contributed by atoms with Crippen molar-refractivity contribution >= 4 is 11.7 Å². The minimum absolute atomic E-state index is 0.0522. The summed E-state index contributed by atoms with van der Waals surface area (Å²) < 4.78 is 5.41. The van der Waals surface area contributed by atoms with E-state index in [-0.39, 0.29) is 12.6 Å². The van der Waals surface area contributed by atoms with Crippen LogP contribution in [-0.4, -0.2) is 17.7 Å². The average Bonchev–Trinajstić information content (AvgIpc) is 2.89. The van der Waals surface area contributed by atoms with Gasteiger partial charge in [0, 0.05) is 5.69 Å². The number of aryl methyl sites for hydroxylation is 2. The Morgan fingerprint density at radius 1 is 1.23 bits per heavy atom. The standard InChI is InChI=1S/C17H22N2O3/c1-11-6-5-7-14(13(11)3)19-16(20)18-10-17(4,21)15-9-8-12(2)22-15/h5-9,21H,10H2,1-4H3,(H2,18,19,20). The third-order valence-electron chi connectivity index (χ3n) is 3.72. The van der Waals surface area contributed by atoms with Gasteiger partial charge in [-0.05, 0) is 57.0 Å². The number of amides is 2. The number of furan rings is 1. The number of nitrogens with one attached hydrogen (secondary N) is 2. The average molecular weight is 302 g/mol. The van der Waals surface area contributed by atoms with E-state index in [0.29, 0.717) is 5.76 Å². The first-order chi connectivity index (χ1) is 10.3. The molecule has 0 saturated carbocycles. The molecular weight excluding hydrogens is 280 g/mol. The van der Waals surface area contributed by atoms with Gasteiger partial charge in [-0.2, -0.15) is 0 Å². The largest absolute Gasteiger partial charge is 0.463 e. The van der Waals surface area contributed by atoms with Crippen molar-refractivity contribution in [1.82, 2.24) is 5.32 Å². The van der Waals surface area contributed by atoms with E-state index >= 15 is 0 Å². The number of hydrogen-bond acceptors (Lipinski definition) is 3. The third kappa shape index (κ3) is 3.68. The Balaban J connectivity index is 1.96. The SMILES string of the molecule is Cc1ccc(C(C)(O)CNC(=O)Nc2cccc(C)c2C)o1. The molecule has 1 aromatic heterocycles. The predicted molar refractivity (Wildman–Crippen MR) is 86.0 cm³/mol. The summed E-state index contributed by atoms with van der Waals surface area (Å²) in [4.78, 5) is 12.0. The van der Waals surface area contributed by atoms with Crippen molar-refractivity contribution < 1.29 is 14.3 Å². The highest BCUT2D eigenvalue weighted by Crippen LogP contribution is 2.22. The van der Waals surface area contributed by atoms with Crippen LogP contribution in [0.3, 0.4) is 0 Å². The van der Waals surface area contributed by atoms with Crippen LogP contribution in [0.2, 0.25) is 0 Å². The van der Waals surface area contributed by atoms with Crippen LogP contribution in [0.25, 0.3) is 0 Å². The summed E-state index contributed by atoms with van der Waals surface area (Å²) >= 11 is 0. The van der Waals surface area contributed by atoms with E-state index in [0.717, 1.165) is 22.6 Å². The lowest BCUT2D eigenvalue weighted by Gasteiger charge is -2.21. The summed E-state index contributed by atoms with van der Waals surface area (Å²) in [6.45, 7) is 7.40. The van der Waals surface area contributed by atoms with Gasteiger partial charge in [-0.1, -0.05) is 12.1 Å². The van der Waals surface area contributed by atoms with E-state index in [2.05, 4.69) is 10.6 Å². The van der Waals surface area contributed by atoms with E-state index < -0.39 is 5.60 Å². The minimum Gasteiger partial charge on any atom is -0.463 e. The fraction of sp³-hybridized carbons (Fsp3) is 0.353. The lowest BCUT2D eigenvalue weighted by molar-refractivity contribution is 0.0364. The maximum Gasteiger partial charge on any atom is 0.319 e. The van der Waals surface area contributed by atoms with Crippen LogP contribution in [0.1, 0.15) is 29.6 Å². The number of anilines is 1. The van der Waals surface area contributed by atoms with Crippen molar-refractivity contribution in [2.75, 3.05) is 11.9 Å². The molecule has 118 valence electrons. The van der Waals surface area contributed by atoms with E-state index in [9.17, 15) is 9.90 Å². The molecule has 0 radical (unpaired) electrons. The fourth-order valence-electron chi connectivity index (χ4n) is 2.12. The Labute approximate surface area is 130 Å². The van der Waals surface area contributed by atoms with Crippen molar-refractivity contribution in [2.24, 2.45) is 0 Å². The molecule has 0 aliphatic rings. The molecule has 1 atom stereocenters. The molecule has 0 fully saturated rings. The molecule has 1 aromatic carbocycles. The van der Waals surface area contributed by atoms with Gasteiger partial charge in [-0.15, -0.1) is 0 Å². The van der Waals surface area contributed by atoms with Crippen LogP contribution in [0.5, 0.6) is 0 Å². The number of carbonyl (C=O) groups excluding carboxylic acids is 1. The number of urea groups is 1. The fourth-order valence-corrected chi connectivity index (χ4v) is 2.12. The molecule has 3 N–H and O–H groups in total. The van der Waals surface area contributed by atoms with Crippen LogP contribution in [-0.2, 0) is 5.60 Å². The quantitative estimate of drug-likeness (QED) is 0.811. The lowest BCUT2D eigenvalue weighted by Crippen LogP contribution is -2.40. The molecule has 5 nitrogen and oxygen atoms in total. The zero-order valence-electron chi connectivity index (χ0n) is 13.4. The lowest BCUT2D eigenvalue weighted by atomic mass is 10.0. The number of aliphatic hydroxyl groups is 1.